The maximum Gasteiger partial charge on any atom is 0.350 e. The van der Waals surface area contributed by atoms with Gasteiger partial charge in [0.25, 0.3) is 5.60 Å². The van der Waals surface area contributed by atoms with E-state index >= 15 is 14.4 Å². The monoisotopic (exact) mass is 889 g/mol. The van der Waals surface area contributed by atoms with Crippen molar-refractivity contribution in [2.45, 2.75) is 128 Å². The summed E-state index contributed by atoms with van der Waals surface area (Å²) >= 11 is 0. The quantitative estimate of drug-likeness (QED) is 0.0282. The van der Waals surface area contributed by atoms with Crippen molar-refractivity contribution in [3.8, 4) is 0 Å². The summed E-state index contributed by atoms with van der Waals surface area (Å²) in [6.07, 6.45) is 26.8. The fourth-order valence-corrected chi connectivity index (χ4v) is 11.9. The van der Waals surface area contributed by atoms with Gasteiger partial charge >= 0.3 is 5.97 Å². The molecule has 6 atom stereocenters. The molecular weight excluding hydrogens is 817 g/mol. The highest BCUT2D eigenvalue weighted by Crippen LogP contribution is 2.60. The largest absolute Gasteiger partial charge is 0.463 e. The number of nitrogens with one attached hydrogen (secondary N) is 5. The third kappa shape index (κ3) is 9.26. The number of carbonyl (C=O) groups excluding carboxylic acids is 3. The average Bonchev–Trinajstić information content (AvgIpc) is 4.01. The van der Waals surface area contributed by atoms with Crippen molar-refractivity contribution in [2.24, 2.45) is 28.4 Å². The van der Waals surface area contributed by atoms with Crippen LogP contribution in [0.15, 0.2) is 101 Å². The van der Waals surface area contributed by atoms with Crippen molar-refractivity contribution in [2.75, 3.05) is 40.0 Å². The number of likely N-dealkylation sites (N-methyl/N-ethyl adjacent to an activating group) is 1. The number of aliphatic hydroxyl groups excluding tert-OH is 1. The van der Waals surface area contributed by atoms with Crippen molar-refractivity contribution >= 4 is 17.5 Å². The van der Waals surface area contributed by atoms with Crippen LogP contribution in [0.25, 0.3) is 0 Å². The second-order valence-electron chi connectivity index (χ2n) is 20.5. The van der Waals surface area contributed by atoms with Crippen molar-refractivity contribution in [1.29, 1.82) is 0 Å². The van der Waals surface area contributed by atoms with Crippen LogP contribution in [0, 0.1) is 22.7 Å². The molecule has 12 nitrogen and oxygen atoms in total. The number of hydrogen-bond acceptors (Lipinski definition) is 12. The molecule has 6 unspecified atom stereocenters. The Balaban J connectivity index is 1.13. The van der Waals surface area contributed by atoms with Crippen LogP contribution in [0.2, 0.25) is 0 Å². The number of benzene rings is 1. The van der Waals surface area contributed by atoms with Crippen molar-refractivity contribution in [1.82, 2.24) is 26.6 Å². The van der Waals surface area contributed by atoms with Crippen molar-refractivity contribution in [3.63, 3.8) is 0 Å². The molecule has 3 heterocycles. The molecular formula is C53H72N6O6. The molecule has 350 valence electrons. The average molecular weight is 889 g/mol. The zero-order chi connectivity index (χ0) is 46.0. The minimum Gasteiger partial charge on any atom is -0.463 e. The molecule has 8 N–H and O–H groups in total. The SMILES string of the molecule is CCNC1C=C2C=CCCC2CC1COC(=O)C12OC1(CC(CO)=C(C)CC1(C3=CCNC(NCNC)=C3)CCCCC1)C(=O)c1cccc(CC(C)(C)CC3=CNC(N)C=C3)c1C2=O. The van der Waals surface area contributed by atoms with Crippen LogP contribution < -0.4 is 32.3 Å². The Morgan fingerprint density at radius 1 is 1.09 bits per heavy atom. The third-order valence-electron chi connectivity index (χ3n) is 15.2. The molecule has 2 fully saturated rings. The van der Waals surface area contributed by atoms with Gasteiger partial charge in [-0.25, -0.2) is 4.79 Å². The van der Waals surface area contributed by atoms with E-state index in [0.29, 0.717) is 49.5 Å². The lowest BCUT2D eigenvalue weighted by Gasteiger charge is -2.41. The van der Waals surface area contributed by atoms with E-state index < -0.39 is 28.7 Å². The molecule has 8 rings (SSSR count). The molecule has 1 saturated carbocycles. The zero-order valence-corrected chi connectivity index (χ0v) is 39.2. The number of ketones is 2. The number of hydrogen-bond donors (Lipinski definition) is 7. The summed E-state index contributed by atoms with van der Waals surface area (Å²) in [4.78, 5) is 45.8. The maximum absolute atomic E-state index is 15.5. The van der Waals surface area contributed by atoms with Gasteiger partial charge in [0.1, 0.15) is 5.82 Å². The molecule has 0 spiro atoms. The first-order chi connectivity index (χ1) is 31.3. The Morgan fingerprint density at radius 3 is 2.65 bits per heavy atom. The van der Waals surface area contributed by atoms with Crippen LogP contribution in [0.3, 0.4) is 0 Å². The fraction of sp³-hybridized carbons (Fsp3) is 0.566. The molecule has 1 aromatic rings. The van der Waals surface area contributed by atoms with E-state index in [1.165, 1.54) is 17.6 Å². The van der Waals surface area contributed by atoms with Crippen LogP contribution in [-0.4, -0.2) is 86.1 Å². The minimum absolute atomic E-state index is 0.0127. The van der Waals surface area contributed by atoms with Gasteiger partial charge in [-0.3, -0.25) is 9.59 Å². The normalized spacial score (nSPS) is 29.3. The minimum atomic E-state index is -2.18. The first-order valence-corrected chi connectivity index (χ1v) is 24.2. The summed E-state index contributed by atoms with van der Waals surface area (Å²) in [6.45, 7) is 10.2. The summed E-state index contributed by atoms with van der Waals surface area (Å²) in [6, 6.07) is 5.39. The lowest BCUT2D eigenvalue weighted by atomic mass is 9.64. The van der Waals surface area contributed by atoms with Gasteiger partial charge in [0.2, 0.25) is 5.78 Å². The Bertz CT molecular complexity index is 2240. The molecule has 0 aromatic heterocycles. The van der Waals surface area contributed by atoms with Crippen LogP contribution in [0.5, 0.6) is 0 Å². The summed E-state index contributed by atoms with van der Waals surface area (Å²) in [5, 5.41) is 28.0. The Labute approximate surface area is 385 Å². The number of nitrogens with two attached hydrogens (primary N) is 1. The van der Waals surface area contributed by atoms with Crippen molar-refractivity contribution in [3.05, 3.63) is 117 Å². The van der Waals surface area contributed by atoms with Crippen LogP contribution in [-0.2, 0) is 20.7 Å². The topological polar surface area (TPSA) is 179 Å². The standard InChI is InChI=1S/C53H72N6O6/c1-6-56-43-24-37-14-9-8-13-36(37)23-39(43)32-64-49(63)53-48(62)46-38(28-50(3,4)27-35-17-18-44(54)58-30-35)15-12-16-42(46)47(61)52(53,65-53)29-40(31-60)34(2)26-51(20-10-7-11-21-51)41-19-22-57-45(25-41)59-33-55-5/h9,12,14-19,24-25,30,36,39,43-44,55-60H,6-8,10-11,13,20-23,26-29,31-33,54H2,1-5H3. The Hall–Kier alpha value is -4.59. The van der Waals surface area contributed by atoms with Crippen LogP contribution in [0.1, 0.15) is 125 Å². The van der Waals surface area contributed by atoms with Gasteiger partial charge in [-0.15, -0.1) is 0 Å². The predicted octanol–water partition coefficient (Wildman–Crippen LogP) is 6.47. The number of ether oxygens (including phenoxy) is 2. The van der Waals surface area contributed by atoms with E-state index in [1.54, 1.807) is 6.07 Å². The van der Waals surface area contributed by atoms with Gasteiger partial charge in [-0.1, -0.05) is 94.2 Å². The van der Waals surface area contributed by atoms with E-state index in [-0.39, 0.29) is 59.7 Å². The molecule has 1 aromatic carbocycles. The van der Waals surface area contributed by atoms with Gasteiger partial charge < -0.3 is 46.9 Å². The first kappa shape index (κ1) is 46.9. The highest BCUT2D eigenvalue weighted by Gasteiger charge is 2.86. The number of esters is 1. The smallest absolute Gasteiger partial charge is 0.350 e. The number of epoxide rings is 1. The predicted molar refractivity (Wildman–Crippen MR) is 254 cm³/mol. The number of dihydropyridines is 2. The second kappa shape index (κ2) is 19.3. The molecule has 12 heteroatoms. The van der Waals surface area contributed by atoms with E-state index in [9.17, 15) is 5.11 Å². The number of rotatable bonds is 18. The molecule has 65 heavy (non-hydrogen) atoms. The lowest BCUT2D eigenvalue weighted by molar-refractivity contribution is -0.150. The Morgan fingerprint density at radius 2 is 1.91 bits per heavy atom. The van der Waals surface area contributed by atoms with E-state index in [0.717, 1.165) is 68.5 Å². The highest BCUT2D eigenvalue weighted by atomic mass is 16.7. The van der Waals surface area contributed by atoms with E-state index in [1.807, 2.05) is 44.5 Å². The summed E-state index contributed by atoms with van der Waals surface area (Å²) in [7, 11) is 1.91. The molecule has 3 aliphatic heterocycles. The van der Waals surface area contributed by atoms with Crippen molar-refractivity contribution < 1.29 is 29.0 Å². The first-order valence-electron chi connectivity index (χ1n) is 24.2. The number of Topliss-reactive ketones (excluding diaryl/α,β-unsaturated/α-hetero) is 2. The molecule has 7 aliphatic rings. The van der Waals surface area contributed by atoms with Gasteiger partial charge in [0, 0.05) is 42.3 Å². The van der Waals surface area contributed by atoms with Gasteiger partial charge in [0.15, 0.2) is 11.4 Å². The number of fused-ring (bicyclic) bond motifs is 3. The molecule has 0 bridgehead atoms. The zero-order valence-electron chi connectivity index (χ0n) is 39.2. The van der Waals surface area contributed by atoms with Gasteiger partial charge in [-0.05, 0) is 129 Å². The van der Waals surface area contributed by atoms with E-state index in [4.69, 9.17) is 15.2 Å². The van der Waals surface area contributed by atoms with Crippen LogP contribution >= 0.6 is 0 Å². The molecule has 4 aliphatic carbocycles. The number of carbonyl (C=O) groups is 3. The summed E-state index contributed by atoms with van der Waals surface area (Å²) < 4.78 is 12.9. The molecule has 0 amide bonds. The maximum atomic E-state index is 15.5. The summed E-state index contributed by atoms with van der Waals surface area (Å²) in [5.41, 5.74) is 7.86. The lowest BCUT2D eigenvalue weighted by Crippen LogP contribution is -2.52. The highest BCUT2D eigenvalue weighted by molar-refractivity contribution is 6.33. The van der Waals surface area contributed by atoms with Gasteiger partial charge in [-0.2, -0.15) is 0 Å². The number of aliphatic hydroxyl groups is 1. The van der Waals surface area contributed by atoms with Crippen LogP contribution in [0.4, 0.5) is 0 Å². The second-order valence-corrected chi connectivity index (χ2v) is 20.5. The third-order valence-corrected chi connectivity index (χ3v) is 15.2. The van der Waals surface area contributed by atoms with E-state index in [2.05, 4.69) is 77.7 Å². The molecule has 1 saturated heterocycles. The number of allylic oxidation sites excluding steroid dienone is 8. The molecule has 0 radical (unpaired) electrons. The Kier molecular flexibility index (Phi) is 14.0. The van der Waals surface area contributed by atoms with Gasteiger partial charge in [0.05, 0.1) is 26.0 Å². The fourth-order valence-electron chi connectivity index (χ4n) is 11.9. The summed E-state index contributed by atoms with van der Waals surface area (Å²) in [5.74, 6) is -0.466.